The minimum Gasteiger partial charge on any atom is -0.298 e. The van der Waals surface area contributed by atoms with Gasteiger partial charge in [-0.05, 0) is 37.2 Å². The molecule has 102 valence electrons. The van der Waals surface area contributed by atoms with Crippen LogP contribution in [0.1, 0.15) is 22.3 Å². The lowest BCUT2D eigenvalue weighted by Crippen LogP contribution is -2.17. The van der Waals surface area contributed by atoms with Crippen molar-refractivity contribution in [3.05, 3.63) is 70.5 Å². The molecule has 0 spiro atoms. The maximum absolute atomic E-state index is 13.3. The third kappa shape index (κ3) is 3.66. The van der Waals surface area contributed by atoms with Gasteiger partial charge in [-0.3, -0.25) is 4.90 Å². The van der Waals surface area contributed by atoms with Crippen molar-refractivity contribution in [3.63, 3.8) is 0 Å². The fraction of sp³-hybridized carbons (Fsp3) is 0.235. The van der Waals surface area contributed by atoms with Crippen molar-refractivity contribution in [1.82, 2.24) is 4.90 Å². The molecule has 0 radical (unpaired) electrons. The van der Waals surface area contributed by atoms with E-state index in [-0.39, 0.29) is 5.56 Å². The largest absolute Gasteiger partial charge is 0.298 e. The van der Waals surface area contributed by atoms with Gasteiger partial charge in [0.05, 0.1) is 5.56 Å². The zero-order valence-electron chi connectivity index (χ0n) is 11.7. The van der Waals surface area contributed by atoms with Gasteiger partial charge in [-0.1, -0.05) is 35.9 Å². The molecule has 0 amide bonds. The zero-order valence-corrected chi connectivity index (χ0v) is 11.7. The van der Waals surface area contributed by atoms with Crippen LogP contribution in [-0.4, -0.2) is 11.9 Å². The summed E-state index contributed by atoms with van der Waals surface area (Å²) in [6.07, 6.45) is 0. The molecule has 2 rings (SSSR count). The summed E-state index contributed by atoms with van der Waals surface area (Å²) < 4.78 is 13.3. The van der Waals surface area contributed by atoms with Gasteiger partial charge in [-0.15, -0.1) is 0 Å². The first-order chi connectivity index (χ1) is 9.58. The van der Waals surface area contributed by atoms with Crippen LogP contribution in [0.5, 0.6) is 0 Å². The molecule has 0 N–H and O–H groups in total. The topological polar surface area (TPSA) is 27.0 Å². The lowest BCUT2D eigenvalue weighted by molar-refractivity contribution is 0.319. The van der Waals surface area contributed by atoms with E-state index in [9.17, 15) is 4.39 Å². The predicted octanol–water partition coefficient (Wildman–Crippen LogP) is 3.64. The number of halogens is 1. The van der Waals surface area contributed by atoms with Crippen molar-refractivity contribution in [2.75, 3.05) is 7.05 Å². The van der Waals surface area contributed by atoms with Crippen LogP contribution in [0.4, 0.5) is 4.39 Å². The number of benzene rings is 2. The summed E-state index contributed by atoms with van der Waals surface area (Å²) in [5, 5.41) is 8.83. The highest BCUT2D eigenvalue weighted by Crippen LogP contribution is 2.13. The van der Waals surface area contributed by atoms with Crippen LogP contribution in [0.15, 0.2) is 42.5 Å². The van der Waals surface area contributed by atoms with Crippen LogP contribution in [0.2, 0.25) is 0 Å². The molecule has 3 heteroatoms. The fourth-order valence-electron chi connectivity index (χ4n) is 2.13. The van der Waals surface area contributed by atoms with Crippen molar-refractivity contribution in [1.29, 1.82) is 5.26 Å². The highest BCUT2D eigenvalue weighted by atomic mass is 19.1. The van der Waals surface area contributed by atoms with E-state index in [0.717, 1.165) is 12.1 Å². The summed E-state index contributed by atoms with van der Waals surface area (Å²) in [5.74, 6) is -0.461. The van der Waals surface area contributed by atoms with E-state index >= 15 is 0 Å². The van der Waals surface area contributed by atoms with E-state index in [0.29, 0.717) is 6.54 Å². The molecule has 2 aromatic carbocycles. The number of aryl methyl sites for hydroxylation is 1. The van der Waals surface area contributed by atoms with Crippen molar-refractivity contribution in [3.8, 4) is 6.07 Å². The molecule has 0 atom stereocenters. The maximum atomic E-state index is 13.3. The second-order valence-electron chi connectivity index (χ2n) is 5.08. The Morgan fingerprint density at radius 1 is 1.05 bits per heavy atom. The van der Waals surface area contributed by atoms with Gasteiger partial charge in [-0.25, -0.2) is 4.39 Å². The van der Waals surface area contributed by atoms with E-state index in [2.05, 4.69) is 36.1 Å². The van der Waals surface area contributed by atoms with Crippen LogP contribution in [0.25, 0.3) is 0 Å². The SMILES string of the molecule is Cc1ccc(CN(C)Cc2ccc(F)c(C#N)c2)cc1. The summed E-state index contributed by atoms with van der Waals surface area (Å²) in [7, 11) is 2.01. The molecule has 20 heavy (non-hydrogen) atoms. The lowest BCUT2D eigenvalue weighted by Gasteiger charge is -2.17. The van der Waals surface area contributed by atoms with Gasteiger partial charge in [-0.2, -0.15) is 5.26 Å². The first kappa shape index (κ1) is 14.2. The molecular weight excluding hydrogens is 251 g/mol. The molecule has 0 unspecified atom stereocenters. The lowest BCUT2D eigenvalue weighted by atomic mass is 10.1. The van der Waals surface area contributed by atoms with Crippen LogP contribution in [0, 0.1) is 24.1 Å². The molecule has 0 saturated carbocycles. The van der Waals surface area contributed by atoms with Gasteiger partial charge in [0.1, 0.15) is 11.9 Å². The average Bonchev–Trinajstić information content (AvgIpc) is 2.43. The molecule has 2 nitrogen and oxygen atoms in total. The normalized spacial score (nSPS) is 10.6. The summed E-state index contributed by atoms with van der Waals surface area (Å²) in [6, 6.07) is 15.0. The van der Waals surface area contributed by atoms with Gasteiger partial charge in [0, 0.05) is 13.1 Å². The van der Waals surface area contributed by atoms with Crippen molar-refractivity contribution < 1.29 is 4.39 Å². The fourth-order valence-corrected chi connectivity index (χ4v) is 2.13. The Labute approximate surface area is 119 Å². The molecule has 0 fully saturated rings. The van der Waals surface area contributed by atoms with Crippen LogP contribution in [-0.2, 0) is 13.1 Å². The molecular formula is C17H17FN2. The Bertz CT molecular complexity index is 626. The molecule has 0 saturated heterocycles. The van der Waals surface area contributed by atoms with E-state index in [1.165, 1.54) is 17.2 Å². The number of rotatable bonds is 4. The van der Waals surface area contributed by atoms with E-state index < -0.39 is 5.82 Å². The van der Waals surface area contributed by atoms with Crippen LogP contribution < -0.4 is 0 Å². The highest BCUT2D eigenvalue weighted by Gasteiger charge is 2.06. The third-order valence-electron chi connectivity index (χ3n) is 3.18. The van der Waals surface area contributed by atoms with Crippen molar-refractivity contribution in [2.45, 2.75) is 20.0 Å². The van der Waals surface area contributed by atoms with Gasteiger partial charge < -0.3 is 0 Å². The van der Waals surface area contributed by atoms with Gasteiger partial charge in [0.15, 0.2) is 0 Å². The van der Waals surface area contributed by atoms with Crippen molar-refractivity contribution in [2.24, 2.45) is 0 Å². The second kappa shape index (κ2) is 6.31. The molecule has 0 aromatic heterocycles. The smallest absolute Gasteiger partial charge is 0.140 e. The Morgan fingerprint density at radius 2 is 1.65 bits per heavy atom. The standard InChI is InChI=1S/C17H17FN2/c1-13-3-5-14(6-4-13)11-20(2)12-15-7-8-17(18)16(9-15)10-19/h3-9H,11-12H2,1-2H3. The molecule has 2 aromatic rings. The molecule has 0 bridgehead atoms. The Hall–Kier alpha value is -2.18. The maximum Gasteiger partial charge on any atom is 0.140 e. The number of hydrogen-bond acceptors (Lipinski definition) is 2. The van der Waals surface area contributed by atoms with Crippen LogP contribution in [0.3, 0.4) is 0 Å². The number of hydrogen-bond donors (Lipinski definition) is 0. The predicted molar refractivity (Wildman–Crippen MR) is 77.5 cm³/mol. The number of nitriles is 1. The minimum absolute atomic E-state index is 0.103. The third-order valence-corrected chi connectivity index (χ3v) is 3.18. The summed E-state index contributed by atoms with van der Waals surface area (Å²) in [4.78, 5) is 2.14. The Kier molecular flexibility index (Phi) is 4.49. The molecule has 0 aliphatic heterocycles. The second-order valence-corrected chi connectivity index (χ2v) is 5.08. The molecule has 0 aliphatic carbocycles. The first-order valence-corrected chi connectivity index (χ1v) is 6.51. The van der Waals surface area contributed by atoms with E-state index in [1.807, 2.05) is 13.1 Å². The zero-order chi connectivity index (χ0) is 14.5. The van der Waals surface area contributed by atoms with Crippen LogP contribution >= 0.6 is 0 Å². The molecule has 0 aliphatic rings. The average molecular weight is 268 g/mol. The quantitative estimate of drug-likeness (QED) is 0.846. The first-order valence-electron chi connectivity index (χ1n) is 6.51. The highest BCUT2D eigenvalue weighted by molar-refractivity contribution is 5.34. The van der Waals surface area contributed by atoms with Crippen molar-refractivity contribution >= 4 is 0 Å². The summed E-state index contributed by atoms with van der Waals surface area (Å²) in [5.41, 5.74) is 3.53. The van der Waals surface area contributed by atoms with E-state index in [4.69, 9.17) is 5.26 Å². The van der Waals surface area contributed by atoms with Gasteiger partial charge in [0.2, 0.25) is 0 Å². The van der Waals surface area contributed by atoms with Gasteiger partial charge >= 0.3 is 0 Å². The Balaban J connectivity index is 2.03. The van der Waals surface area contributed by atoms with Gasteiger partial charge in [0.25, 0.3) is 0 Å². The summed E-state index contributed by atoms with van der Waals surface area (Å²) >= 11 is 0. The number of nitrogens with zero attached hydrogens (tertiary/aromatic N) is 2. The molecule has 0 heterocycles. The summed E-state index contributed by atoms with van der Waals surface area (Å²) in [6.45, 7) is 3.57. The minimum atomic E-state index is -0.461. The Morgan fingerprint density at radius 3 is 2.30 bits per heavy atom. The van der Waals surface area contributed by atoms with E-state index in [1.54, 1.807) is 12.1 Å². The monoisotopic (exact) mass is 268 g/mol.